The minimum atomic E-state index is 0.748. The van der Waals surface area contributed by atoms with Crippen LogP contribution < -0.4 is 5.32 Å². The molecule has 0 saturated carbocycles. The predicted octanol–water partition coefficient (Wildman–Crippen LogP) is 3.46. The largest absolute Gasteiger partial charge is 0.381 e. The Bertz CT molecular complexity index is 213. The molecule has 2 saturated heterocycles. The molecule has 2 aliphatic heterocycles. The molecule has 0 aromatic heterocycles. The minimum Gasteiger partial charge on any atom is -0.381 e. The number of nitrogens with one attached hydrogen (secondary N) is 1. The van der Waals surface area contributed by atoms with E-state index >= 15 is 0 Å². The fourth-order valence-corrected chi connectivity index (χ4v) is 4.57. The lowest BCUT2D eigenvalue weighted by Gasteiger charge is -2.34. The molecule has 2 heterocycles. The second kappa shape index (κ2) is 8.44. The smallest absolute Gasteiger partial charge is 0.0468 e. The summed E-state index contributed by atoms with van der Waals surface area (Å²) in [5, 5.41) is 4.69. The molecule has 0 aliphatic carbocycles. The van der Waals surface area contributed by atoms with Crippen molar-refractivity contribution in [2.24, 2.45) is 5.92 Å². The fraction of sp³-hybridized carbons (Fsp3) is 1.00. The molecule has 0 bridgehead atoms. The van der Waals surface area contributed by atoms with E-state index in [-0.39, 0.29) is 0 Å². The van der Waals surface area contributed by atoms with E-state index in [1.807, 2.05) is 0 Å². The lowest BCUT2D eigenvalue weighted by molar-refractivity contribution is 0.0603. The molecule has 3 heteroatoms. The first-order valence-corrected chi connectivity index (χ1v) is 8.87. The van der Waals surface area contributed by atoms with Crippen molar-refractivity contribution in [1.82, 2.24) is 5.32 Å². The van der Waals surface area contributed by atoms with Crippen LogP contribution in [-0.4, -0.2) is 36.8 Å². The average molecular weight is 271 g/mol. The fourth-order valence-electron chi connectivity index (χ4n) is 3.12. The zero-order valence-electron chi connectivity index (χ0n) is 11.8. The van der Waals surface area contributed by atoms with Gasteiger partial charge in [0.2, 0.25) is 0 Å². The summed E-state index contributed by atoms with van der Waals surface area (Å²) in [6, 6.07) is 0.748. The van der Waals surface area contributed by atoms with E-state index in [4.69, 9.17) is 4.74 Å². The lowest BCUT2D eigenvalue weighted by Crippen LogP contribution is -2.42. The summed E-state index contributed by atoms with van der Waals surface area (Å²) < 4.78 is 5.48. The van der Waals surface area contributed by atoms with Gasteiger partial charge >= 0.3 is 0 Å². The van der Waals surface area contributed by atoms with Crippen LogP contribution in [-0.2, 0) is 4.74 Å². The quantitative estimate of drug-likeness (QED) is 0.799. The van der Waals surface area contributed by atoms with Crippen LogP contribution in [0.15, 0.2) is 0 Å². The highest BCUT2D eigenvalue weighted by Crippen LogP contribution is 2.31. The standard InChI is InChI=1S/C15H29NOS/c1-2-8-16-14(15-5-3-4-11-18-15)12-13-6-9-17-10-7-13/h13-16H,2-12H2,1H3. The molecule has 1 N–H and O–H groups in total. The Morgan fingerprint density at radius 3 is 2.72 bits per heavy atom. The van der Waals surface area contributed by atoms with E-state index in [1.54, 1.807) is 0 Å². The highest BCUT2D eigenvalue weighted by Gasteiger charge is 2.27. The SMILES string of the molecule is CCCNC(CC1CCOCC1)C1CCCCS1. The minimum absolute atomic E-state index is 0.748. The van der Waals surface area contributed by atoms with Crippen LogP contribution in [0.3, 0.4) is 0 Å². The molecule has 0 spiro atoms. The first-order chi connectivity index (χ1) is 8.90. The summed E-state index contributed by atoms with van der Waals surface area (Å²) in [5.41, 5.74) is 0. The second-order valence-electron chi connectivity index (χ2n) is 5.76. The van der Waals surface area contributed by atoms with Crippen LogP contribution in [0.1, 0.15) is 51.9 Å². The van der Waals surface area contributed by atoms with E-state index in [0.29, 0.717) is 0 Å². The molecule has 2 nitrogen and oxygen atoms in total. The normalized spacial score (nSPS) is 28.2. The van der Waals surface area contributed by atoms with E-state index in [2.05, 4.69) is 24.0 Å². The Hall–Kier alpha value is 0.270. The second-order valence-corrected chi connectivity index (χ2v) is 7.10. The van der Waals surface area contributed by atoms with E-state index in [1.165, 1.54) is 57.2 Å². The van der Waals surface area contributed by atoms with Gasteiger partial charge in [0, 0.05) is 24.5 Å². The van der Waals surface area contributed by atoms with E-state index < -0.39 is 0 Å². The third-order valence-electron chi connectivity index (χ3n) is 4.25. The highest BCUT2D eigenvalue weighted by molar-refractivity contribution is 8.00. The topological polar surface area (TPSA) is 21.3 Å². The van der Waals surface area contributed by atoms with Crippen LogP contribution in [0.2, 0.25) is 0 Å². The van der Waals surface area contributed by atoms with Gasteiger partial charge in [-0.15, -0.1) is 0 Å². The van der Waals surface area contributed by atoms with Crippen molar-refractivity contribution >= 4 is 11.8 Å². The highest BCUT2D eigenvalue weighted by atomic mass is 32.2. The Balaban J connectivity index is 1.82. The van der Waals surface area contributed by atoms with Crippen molar-refractivity contribution < 1.29 is 4.74 Å². The van der Waals surface area contributed by atoms with Crippen molar-refractivity contribution in [1.29, 1.82) is 0 Å². The molecule has 2 rings (SSSR count). The van der Waals surface area contributed by atoms with Crippen molar-refractivity contribution in [2.45, 2.75) is 63.2 Å². The van der Waals surface area contributed by atoms with E-state index in [9.17, 15) is 0 Å². The Morgan fingerprint density at radius 2 is 2.06 bits per heavy atom. The molecule has 0 radical (unpaired) electrons. The first kappa shape index (κ1) is 14.7. The number of thioether (sulfide) groups is 1. The van der Waals surface area contributed by atoms with Gasteiger partial charge in [0.1, 0.15) is 0 Å². The summed E-state index contributed by atoms with van der Waals surface area (Å²) in [6.45, 7) is 5.43. The molecule has 2 atom stereocenters. The molecule has 0 amide bonds. The van der Waals surface area contributed by atoms with Gasteiger partial charge in [0.05, 0.1) is 0 Å². The van der Waals surface area contributed by atoms with Gasteiger partial charge in [-0.3, -0.25) is 0 Å². The lowest BCUT2D eigenvalue weighted by atomic mass is 9.90. The van der Waals surface area contributed by atoms with Gasteiger partial charge < -0.3 is 10.1 Å². The summed E-state index contributed by atoms with van der Waals surface area (Å²) in [4.78, 5) is 0. The number of hydrogen-bond acceptors (Lipinski definition) is 3. The molecule has 106 valence electrons. The molecule has 18 heavy (non-hydrogen) atoms. The Morgan fingerprint density at radius 1 is 1.22 bits per heavy atom. The maximum atomic E-state index is 5.48. The van der Waals surface area contributed by atoms with Crippen LogP contribution >= 0.6 is 11.8 Å². The molecular weight excluding hydrogens is 242 g/mol. The predicted molar refractivity (Wildman–Crippen MR) is 80.3 cm³/mol. The molecular formula is C15H29NOS. The zero-order valence-corrected chi connectivity index (χ0v) is 12.6. The van der Waals surface area contributed by atoms with Gasteiger partial charge in [-0.25, -0.2) is 0 Å². The average Bonchev–Trinajstić information content (AvgIpc) is 2.45. The van der Waals surface area contributed by atoms with Gasteiger partial charge in [-0.2, -0.15) is 11.8 Å². The van der Waals surface area contributed by atoms with Gasteiger partial charge in [-0.05, 0) is 56.7 Å². The van der Waals surface area contributed by atoms with Crippen LogP contribution in [0.4, 0.5) is 0 Å². The third-order valence-corrected chi connectivity index (χ3v) is 5.77. The van der Waals surface area contributed by atoms with Crippen LogP contribution in [0, 0.1) is 5.92 Å². The van der Waals surface area contributed by atoms with Crippen LogP contribution in [0.5, 0.6) is 0 Å². The summed E-state index contributed by atoms with van der Waals surface area (Å²) in [7, 11) is 0. The van der Waals surface area contributed by atoms with Crippen molar-refractivity contribution in [3.63, 3.8) is 0 Å². The third kappa shape index (κ3) is 4.75. The summed E-state index contributed by atoms with van der Waals surface area (Å²) in [5.74, 6) is 2.28. The summed E-state index contributed by atoms with van der Waals surface area (Å²) in [6.07, 6.45) is 9.48. The van der Waals surface area contributed by atoms with E-state index in [0.717, 1.165) is 30.4 Å². The monoisotopic (exact) mass is 271 g/mol. The maximum Gasteiger partial charge on any atom is 0.0468 e. The van der Waals surface area contributed by atoms with Gasteiger partial charge in [0.25, 0.3) is 0 Å². The molecule has 2 unspecified atom stereocenters. The molecule has 2 fully saturated rings. The van der Waals surface area contributed by atoms with Crippen LogP contribution in [0.25, 0.3) is 0 Å². The number of hydrogen-bond donors (Lipinski definition) is 1. The van der Waals surface area contributed by atoms with Gasteiger partial charge in [-0.1, -0.05) is 13.3 Å². The number of rotatable bonds is 6. The van der Waals surface area contributed by atoms with Gasteiger partial charge in [0.15, 0.2) is 0 Å². The Kier molecular flexibility index (Phi) is 6.88. The Labute approximate surface area is 117 Å². The molecule has 2 aliphatic rings. The first-order valence-electron chi connectivity index (χ1n) is 7.83. The number of ether oxygens (including phenoxy) is 1. The van der Waals surface area contributed by atoms with Crippen molar-refractivity contribution in [3.05, 3.63) is 0 Å². The zero-order chi connectivity index (χ0) is 12.6. The van der Waals surface area contributed by atoms with Crippen molar-refractivity contribution in [2.75, 3.05) is 25.5 Å². The van der Waals surface area contributed by atoms with Crippen molar-refractivity contribution in [3.8, 4) is 0 Å². The maximum absolute atomic E-state index is 5.48. The molecule has 0 aromatic rings. The molecule has 0 aromatic carbocycles. The summed E-state index contributed by atoms with van der Waals surface area (Å²) >= 11 is 2.22.